The molecule has 0 heterocycles. The first kappa shape index (κ1) is 14.8. The minimum atomic E-state index is 0.00525. The molecule has 0 aliphatic carbocycles. The maximum absolute atomic E-state index is 5.93. The zero-order chi connectivity index (χ0) is 14.2. The molecule has 2 aromatic carbocycles. The average molecular weight is 269 g/mol. The molecule has 2 aromatic rings. The molecule has 2 N–H and O–H groups in total. The summed E-state index contributed by atoms with van der Waals surface area (Å²) in [4.78, 5) is 0. The Morgan fingerprint density at radius 1 is 1.05 bits per heavy atom. The molecule has 0 aliphatic rings. The molecular weight excluding hydrogens is 246 g/mol. The van der Waals surface area contributed by atoms with Gasteiger partial charge in [-0.15, -0.1) is 0 Å². The quantitative estimate of drug-likeness (QED) is 0.779. The number of rotatable bonds is 7. The third kappa shape index (κ3) is 4.48. The van der Waals surface area contributed by atoms with Crippen LogP contribution in [0.15, 0.2) is 54.6 Å². The normalized spacial score (nSPS) is 12.3. The maximum Gasteiger partial charge on any atom is 0.0947 e. The van der Waals surface area contributed by atoms with Gasteiger partial charge in [0, 0.05) is 13.2 Å². The fourth-order valence-corrected chi connectivity index (χ4v) is 2.32. The van der Waals surface area contributed by atoms with Crippen LogP contribution in [0, 0.1) is 6.92 Å². The van der Waals surface area contributed by atoms with Gasteiger partial charge in [0.2, 0.25) is 0 Å². The molecule has 0 fully saturated rings. The van der Waals surface area contributed by atoms with Gasteiger partial charge >= 0.3 is 0 Å². The zero-order valence-corrected chi connectivity index (χ0v) is 12.1. The van der Waals surface area contributed by atoms with Crippen LogP contribution in [0.2, 0.25) is 0 Å². The van der Waals surface area contributed by atoms with Gasteiger partial charge in [0.05, 0.1) is 6.10 Å². The summed E-state index contributed by atoms with van der Waals surface area (Å²) >= 11 is 0. The molecule has 0 aliphatic heterocycles. The van der Waals surface area contributed by atoms with Crippen molar-refractivity contribution in [3.63, 3.8) is 0 Å². The van der Waals surface area contributed by atoms with Crippen molar-refractivity contribution in [3.05, 3.63) is 71.3 Å². The molecule has 20 heavy (non-hydrogen) atoms. The lowest BCUT2D eigenvalue weighted by Gasteiger charge is -2.17. The van der Waals surface area contributed by atoms with Gasteiger partial charge in [0.1, 0.15) is 0 Å². The summed E-state index contributed by atoms with van der Waals surface area (Å²) in [5.74, 6) is 0. The Labute approximate surface area is 121 Å². The minimum absolute atomic E-state index is 0.00525. The van der Waals surface area contributed by atoms with Crippen molar-refractivity contribution < 1.29 is 4.74 Å². The van der Waals surface area contributed by atoms with Crippen molar-refractivity contribution in [2.24, 2.45) is 5.73 Å². The first-order valence-electron chi connectivity index (χ1n) is 7.22. The highest BCUT2D eigenvalue weighted by atomic mass is 16.5. The summed E-state index contributed by atoms with van der Waals surface area (Å²) in [6.07, 6.45) is 2.07. The molecule has 2 heteroatoms. The van der Waals surface area contributed by atoms with Gasteiger partial charge in [-0.1, -0.05) is 60.2 Å². The topological polar surface area (TPSA) is 35.2 Å². The van der Waals surface area contributed by atoms with Crippen LogP contribution in [0.5, 0.6) is 0 Å². The Morgan fingerprint density at radius 2 is 1.85 bits per heavy atom. The molecule has 0 amide bonds. The summed E-state index contributed by atoms with van der Waals surface area (Å²) in [6, 6.07) is 18.9. The molecule has 0 saturated heterocycles. The van der Waals surface area contributed by atoms with Crippen molar-refractivity contribution in [2.45, 2.75) is 25.9 Å². The number of hydrogen-bond acceptors (Lipinski definition) is 2. The van der Waals surface area contributed by atoms with E-state index in [0.717, 1.165) is 19.4 Å². The monoisotopic (exact) mass is 269 g/mol. The molecule has 0 aromatic heterocycles. The van der Waals surface area contributed by atoms with Crippen LogP contribution in [0.4, 0.5) is 0 Å². The van der Waals surface area contributed by atoms with E-state index >= 15 is 0 Å². The Bertz CT molecular complexity index is 510. The van der Waals surface area contributed by atoms with Crippen LogP contribution < -0.4 is 5.73 Å². The van der Waals surface area contributed by atoms with Crippen LogP contribution in [0.3, 0.4) is 0 Å². The Kier molecular flexibility index (Phi) is 5.78. The van der Waals surface area contributed by atoms with Crippen molar-refractivity contribution >= 4 is 0 Å². The SMILES string of the molecule is Cc1cccc(C(CN)OCCCc2ccccc2)c1. The van der Waals surface area contributed by atoms with Crippen LogP contribution in [0.25, 0.3) is 0 Å². The number of nitrogens with two attached hydrogens (primary N) is 1. The molecule has 1 atom stereocenters. The van der Waals surface area contributed by atoms with E-state index in [-0.39, 0.29) is 6.10 Å². The van der Waals surface area contributed by atoms with E-state index in [1.807, 2.05) is 6.07 Å². The van der Waals surface area contributed by atoms with E-state index in [0.29, 0.717) is 6.54 Å². The van der Waals surface area contributed by atoms with Gasteiger partial charge in [-0.3, -0.25) is 0 Å². The molecule has 0 spiro atoms. The van der Waals surface area contributed by atoms with E-state index in [2.05, 4.69) is 55.5 Å². The molecule has 0 bridgehead atoms. The summed E-state index contributed by atoms with van der Waals surface area (Å²) in [6.45, 7) is 3.35. The predicted molar refractivity (Wildman–Crippen MR) is 83.7 cm³/mol. The molecule has 0 saturated carbocycles. The van der Waals surface area contributed by atoms with Gasteiger partial charge < -0.3 is 10.5 Å². The van der Waals surface area contributed by atoms with Crippen LogP contribution >= 0.6 is 0 Å². The van der Waals surface area contributed by atoms with Gasteiger partial charge in [-0.25, -0.2) is 0 Å². The Hall–Kier alpha value is -1.64. The second-order valence-electron chi connectivity index (χ2n) is 5.10. The summed E-state index contributed by atoms with van der Waals surface area (Å²) in [5, 5.41) is 0. The number of hydrogen-bond donors (Lipinski definition) is 1. The number of ether oxygens (including phenoxy) is 1. The smallest absolute Gasteiger partial charge is 0.0947 e. The molecular formula is C18H23NO. The second-order valence-corrected chi connectivity index (χ2v) is 5.10. The van der Waals surface area contributed by atoms with Gasteiger partial charge in [-0.2, -0.15) is 0 Å². The third-order valence-electron chi connectivity index (χ3n) is 3.40. The lowest BCUT2D eigenvalue weighted by molar-refractivity contribution is 0.0571. The van der Waals surface area contributed by atoms with E-state index < -0.39 is 0 Å². The highest BCUT2D eigenvalue weighted by Gasteiger charge is 2.09. The average Bonchev–Trinajstić information content (AvgIpc) is 2.48. The fourth-order valence-electron chi connectivity index (χ4n) is 2.32. The number of benzene rings is 2. The zero-order valence-electron chi connectivity index (χ0n) is 12.1. The van der Waals surface area contributed by atoms with E-state index in [1.54, 1.807) is 0 Å². The highest BCUT2D eigenvalue weighted by Crippen LogP contribution is 2.18. The lowest BCUT2D eigenvalue weighted by atomic mass is 10.1. The molecule has 2 nitrogen and oxygen atoms in total. The van der Waals surface area contributed by atoms with Crippen molar-refractivity contribution in [1.29, 1.82) is 0 Å². The van der Waals surface area contributed by atoms with Gasteiger partial charge in [-0.05, 0) is 30.9 Å². The first-order chi connectivity index (χ1) is 9.79. The fraction of sp³-hybridized carbons (Fsp3) is 0.333. The molecule has 106 valence electrons. The van der Waals surface area contributed by atoms with Crippen LogP contribution in [-0.2, 0) is 11.2 Å². The van der Waals surface area contributed by atoms with Crippen LogP contribution in [0.1, 0.15) is 29.2 Å². The summed E-state index contributed by atoms with van der Waals surface area (Å²) in [7, 11) is 0. The molecule has 1 unspecified atom stereocenters. The molecule has 2 rings (SSSR count). The highest BCUT2D eigenvalue weighted by molar-refractivity contribution is 5.24. The lowest BCUT2D eigenvalue weighted by Crippen LogP contribution is -2.16. The predicted octanol–water partition coefficient (Wildman–Crippen LogP) is 3.64. The van der Waals surface area contributed by atoms with Crippen molar-refractivity contribution in [2.75, 3.05) is 13.2 Å². The Morgan fingerprint density at radius 3 is 2.55 bits per heavy atom. The van der Waals surface area contributed by atoms with E-state index in [1.165, 1.54) is 16.7 Å². The summed E-state index contributed by atoms with van der Waals surface area (Å²) in [5.41, 5.74) is 9.60. The van der Waals surface area contributed by atoms with Gasteiger partial charge in [0.15, 0.2) is 0 Å². The number of aryl methyl sites for hydroxylation is 2. The standard InChI is InChI=1S/C18H23NO/c1-15-7-5-11-17(13-15)18(14-19)20-12-6-10-16-8-3-2-4-9-16/h2-5,7-9,11,13,18H,6,10,12,14,19H2,1H3. The van der Waals surface area contributed by atoms with Gasteiger partial charge in [0.25, 0.3) is 0 Å². The summed E-state index contributed by atoms with van der Waals surface area (Å²) < 4.78 is 5.93. The third-order valence-corrected chi connectivity index (χ3v) is 3.40. The Balaban J connectivity index is 1.80. The van der Waals surface area contributed by atoms with Crippen LogP contribution in [-0.4, -0.2) is 13.2 Å². The second kappa shape index (κ2) is 7.83. The van der Waals surface area contributed by atoms with E-state index in [9.17, 15) is 0 Å². The first-order valence-corrected chi connectivity index (χ1v) is 7.22. The largest absolute Gasteiger partial charge is 0.372 e. The minimum Gasteiger partial charge on any atom is -0.372 e. The molecule has 0 radical (unpaired) electrons. The van der Waals surface area contributed by atoms with Crippen molar-refractivity contribution in [3.8, 4) is 0 Å². The van der Waals surface area contributed by atoms with Crippen molar-refractivity contribution in [1.82, 2.24) is 0 Å². The van der Waals surface area contributed by atoms with E-state index in [4.69, 9.17) is 10.5 Å². The maximum atomic E-state index is 5.93.